The number of benzene rings is 1. The highest BCUT2D eigenvalue weighted by molar-refractivity contribution is 5.58. The van der Waals surface area contributed by atoms with Gasteiger partial charge in [0.2, 0.25) is 0 Å². The Morgan fingerprint density at radius 2 is 1.89 bits per heavy atom. The molecule has 1 heterocycles. The summed E-state index contributed by atoms with van der Waals surface area (Å²) in [5.41, 5.74) is 10.9. The summed E-state index contributed by atoms with van der Waals surface area (Å²) >= 11 is 0. The van der Waals surface area contributed by atoms with Crippen molar-refractivity contribution in [1.29, 1.82) is 0 Å². The molecule has 100 valence electrons. The SMILES string of the molecule is Cc1cccc(CN)c1N(C)CCc1ccncc1. The van der Waals surface area contributed by atoms with Gasteiger partial charge in [-0.2, -0.15) is 0 Å². The summed E-state index contributed by atoms with van der Waals surface area (Å²) in [7, 11) is 2.13. The fourth-order valence-electron chi connectivity index (χ4n) is 2.39. The molecule has 3 nitrogen and oxygen atoms in total. The summed E-state index contributed by atoms with van der Waals surface area (Å²) < 4.78 is 0. The fourth-order valence-corrected chi connectivity index (χ4v) is 2.39. The number of hydrogen-bond donors (Lipinski definition) is 1. The van der Waals surface area contributed by atoms with E-state index in [0.29, 0.717) is 6.54 Å². The predicted octanol–water partition coefficient (Wildman–Crippen LogP) is 2.53. The Morgan fingerprint density at radius 3 is 2.58 bits per heavy atom. The molecular formula is C16H21N3. The first-order valence-electron chi connectivity index (χ1n) is 6.61. The largest absolute Gasteiger partial charge is 0.374 e. The molecule has 0 saturated carbocycles. The van der Waals surface area contributed by atoms with Gasteiger partial charge in [-0.05, 0) is 42.2 Å². The Bertz CT molecular complexity index is 523. The second-order valence-electron chi connectivity index (χ2n) is 4.81. The number of likely N-dealkylation sites (N-methyl/N-ethyl adjacent to an activating group) is 1. The highest BCUT2D eigenvalue weighted by Crippen LogP contribution is 2.24. The van der Waals surface area contributed by atoms with Crippen LogP contribution in [0.4, 0.5) is 5.69 Å². The zero-order valence-corrected chi connectivity index (χ0v) is 11.6. The summed E-state index contributed by atoms with van der Waals surface area (Å²) in [5.74, 6) is 0. The van der Waals surface area contributed by atoms with Gasteiger partial charge in [-0.15, -0.1) is 0 Å². The van der Waals surface area contributed by atoms with E-state index in [0.717, 1.165) is 13.0 Å². The lowest BCUT2D eigenvalue weighted by molar-refractivity contribution is 0.860. The van der Waals surface area contributed by atoms with Gasteiger partial charge in [0.15, 0.2) is 0 Å². The number of nitrogens with zero attached hydrogens (tertiary/aromatic N) is 2. The molecule has 3 heteroatoms. The number of anilines is 1. The van der Waals surface area contributed by atoms with Crippen LogP contribution in [0, 0.1) is 6.92 Å². The summed E-state index contributed by atoms with van der Waals surface area (Å²) in [6.07, 6.45) is 4.69. The lowest BCUT2D eigenvalue weighted by atomic mass is 10.1. The van der Waals surface area contributed by atoms with Crippen LogP contribution < -0.4 is 10.6 Å². The highest BCUT2D eigenvalue weighted by Gasteiger charge is 2.09. The van der Waals surface area contributed by atoms with Crippen molar-refractivity contribution >= 4 is 5.69 Å². The Morgan fingerprint density at radius 1 is 1.16 bits per heavy atom. The first kappa shape index (κ1) is 13.6. The van der Waals surface area contributed by atoms with Crippen molar-refractivity contribution in [3.05, 3.63) is 59.4 Å². The van der Waals surface area contributed by atoms with E-state index < -0.39 is 0 Å². The highest BCUT2D eigenvalue weighted by atomic mass is 15.1. The molecule has 0 aliphatic carbocycles. The Hall–Kier alpha value is -1.87. The van der Waals surface area contributed by atoms with E-state index in [1.165, 1.54) is 22.4 Å². The molecule has 1 aromatic heterocycles. The maximum absolute atomic E-state index is 5.83. The second-order valence-corrected chi connectivity index (χ2v) is 4.81. The molecule has 0 aliphatic heterocycles. The molecule has 0 spiro atoms. The molecule has 0 bridgehead atoms. The summed E-state index contributed by atoms with van der Waals surface area (Å²) in [4.78, 5) is 6.33. The van der Waals surface area contributed by atoms with E-state index in [1.54, 1.807) is 0 Å². The Balaban J connectivity index is 2.10. The van der Waals surface area contributed by atoms with Crippen LogP contribution in [0.2, 0.25) is 0 Å². The van der Waals surface area contributed by atoms with Gasteiger partial charge in [-0.3, -0.25) is 4.98 Å². The lowest BCUT2D eigenvalue weighted by Gasteiger charge is -2.24. The number of para-hydroxylation sites is 1. The van der Waals surface area contributed by atoms with E-state index in [4.69, 9.17) is 5.73 Å². The minimum Gasteiger partial charge on any atom is -0.374 e. The van der Waals surface area contributed by atoms with Crippen LogP contribution in [0.1, 0.15) is 16.7 Å². The van der Waals surface area contributed by atoms with Gasteiger partial charge in [0.1, 0.15) is 0 Å². The molecule has 0 fully saturated rings. The monoisotopic (exact) mass is 255 g/mol. The molecule has 19 heavy (non-hydrogen) atoms. The second kappa shape index (κ2) is 6.34. The van der Waals surface area contributed by atoms with Gasteiger partial charge >= 0.3 is 0 Å². The van der Waals surface area contributed by atoms with Crippen molar-refractivity contribution in [1.82, 2.24) is 4.98 Å². The van der Waals surface area contributed by atoms with Crippen molar-refractivity contribution < 1.29 is 0 Å². The first-order valence-corrected chi connectivity index (χ1v) is 6.61. The quantitative estimate of drug-likeness (QED) is 0.892. The van der Waals surface area contributed by atoms with Crippen molar-refractivity contribution in [2.24, 2.45) is 5.73 Å². The molecule has 1 aromatic carbocycles. The van der Waals surface area contributed by atoms with Crippen LogP contribution in [0.5, 0.6) is 0 Å². The third-order valence-electron chi connectivity index (χ3n) is 3.41. The normalized spacial score (nSPS) is 10.5. The van der Waals surface area contributed by atoms with Crippen molar-refractivity contribution in [2.45, 2.75) is 19.9 Å². The molecule has 2 rings (SSSR count). The smallest absolute Gasteiger partial charge is 0.0438 e. The molecular weight excluding hydrogens is 234 g/mol. The van der Waals surface area contributed by atoms with Crippen LogP contribution in [0.3, 0.4) is 0 Å². The van der Waals surface area contributed by atoms with E-state index >= 15 is 0 Å². The topological polar surface area (TPSA) is 42.1 Å². The molecule has 0 saturated heterocycles. The first-order chi connectivity index (χ1) is 9.22. The zero-order chi connectivity index (χ0) is 13.7. The average Bonchev–Trinajstić information content (AvgIpc) is 2.45. The number of aromatic nitrogens is 1. The summed E-state index contributed by atoms with van der Waals surface area (Å²) in [6, 6.07) is 10.4. The van der Waals surface area contributed by atoms with Crippen LogP contribution in [0.25, 0.3) is 0 Å². The number of aryl methyl sites for hydroxylation is 1. The molecule has 0 unspecified atom stereocenters. The molecule has 2 aromatic rings. The third kappa shape index (κ3) is 3.32. The summed E-state index contributed by atoms with van der Waals surface area (Å²) in [5, 5.41) is 0. The van der Waals surface area contributed by atoms with E-state index in [1.807, 2.05) is 12.4 Å². The van der Waals surface area contributed by atoms with Crippen LogP contribution in [0.15, 0.2) is 42.7 Å². The van der Waals surface area contributed by atoms with Crippen molar-refractivity contribution in [3.8, 4) is 0 Å². The number of pyridine rings is 1. The minimum atomic E-state index is 0.580. The van der Waals surface area contributed by atoms with E-state index in [-0.39, 0.29) is 0 Å². The van der Waals surface area contributed by atoms with Crippen LogP contribution >= 0.6 is 0 Å². The van der Waals surface area contributed by atoms with E-state index in [2.05, 4.69) is 54.2 Å². The fraction of sp³-hybridized carbons (Fsp3) is 0.312. The van der Waals surface area contributed by atoms with Crippen molar-refractivity contribution in [3.63, 3.8) is 0 Å². The number of nitrogens with two attached hydrogens (primary N) is 1. The molecule has 2 N–H and O–H groups in total. The van der Waals surface area contributed by atoms with Gasteiger partial charge in [0.25, 0.3) is 0 Å². The van der Waals surface area contributed by atoms with Gasteiger partial charge in [-0.1, -0.05) is 18.2 Å². The summed E-state index contributed by atoms with van der Waals surface area (Å²) in [6.45, 7) is 3.69. The van der Waals surface area contributed by atoms with E-state index in [9.17, 15) is 0 Å². The lowest BCUT2D eigenvalue weighted by Crippen LogP contribution is -2.23. The molecule has 0 amide bonds. The van der Waals surface area contributed by atoms with Crippen LogP contribution in [-0.4, -0.2) is 18.6 Å². The standard InChI is InChI=1S/C16H21N3/c1-13-4-3-5-15(12-17)16(13)19(2)11-8-14-6-9-18-10-7-14/h3-7,9-10H,8,11-12,17H2,1-2H3. The van der Waals surface area contributed by atoms with Gasteiger partial charge in [0, 0.05) is 38.2 Å². The van der Waals surface area contributed by atoms with Crippen molar-refractivity contribution in [2.75, 3.05) is 18.5 Å². The molecule has 0 atom stereocenters. The number of hydrogen-bond acceptors (Lipinski definition) is 3. The molecule has 0 radical (unpaired) electrons. The maximum atomic E-state index is 5.83. The number of rotatable bonds is 5. The predicted molar refractivity (Wildman–Crippen MR) is 80.3 cm³/mol. The van der Waals surface area contributed by atoms with Gasteiger partial charge < -0.3 is 10.6 Å². The molecule has 0 aliphatic rings. The average molecular weight is 255 g/mol. The van der Waals surface area contributed by atoms with Crippen LogP contribution in [-0.2, 0) is 13.0 Å². The zero-order valence-electron chi connectivity index (χ0n) is 11.6. The maximum Gasteiger partial charge on any atom is 0.0438 e. The Kier molecular flexibility index (Phi) is 4.53. The Labute approximate surface area is 115 Å². The third-order valence-corrected chi connectivity index (χ3v) is 3.41. The van der Waals surface area contributed by atoms with Gasteiger partial charge in [-0.25, -0.2) is 0 Å². The van der Waals surface area contributed by atoms with Gasteiger partial charge in [0.05, 0.1) is 0 Å². The minimum absolute atomic E-state index is 0.580.